The van der Waals surface area contributed by atoms with Crippen molar-refractivity contribution in [2.45, 2.75) is 19.5 Å². The van der Waals surface area contributed by atoms with Crippen LogP contribution in [-0.2, 0) is 16.1 Å². The summed E-state index contributed by atoms with van der Waals surface area (Å²) in [5.74, 6) is 0.350. The van der Waals surface area contributed by atoms with Gasteiger partial charge in [-0.2, -0.15) is 0 Å². The summed E-state index contributed by atoms with van der Waals surface area (Å²) in [7, 11) is 4.52. The molecule has 0 unspecified atom stereocenters. The number of nitrogens with one attached hydrogen (secondary N) is 1. The molecule has 0 fully saturated rings. The van der Waals surface area contributed by atoms with Gasteiger partial charge in [-0.1, -0.05) is 12.1 Å². The number of benzene rings is 2. The first-order valence-electron chi connectivity index (χ1n) is 8.99. The second-order valence-corrected chi connectivity index (χ2v) is 6.28. The second-order valence-electron chi connectivity index (χ2n) is 6.28. The maximum Gasteiger partial charge on any atom is 0.261 e. The Morgan fingerprint density at radius 3 is 2.10 bits per heavy atom. The second kappa shape index (κ2) is 10.3. The molecule has 7 nitrogen and oxygen atoms in total. The fourth-order valence-electron chi connectivity index (χ4n) is 2.67. The Bertz CT molecular complexity index is 819. The van der Waals surface area contributed by atoms with E-state index in [9.17, 15) is 14.0 Å². The first kappa shape index (κ1) is 22.0. The molecule has 0 spiro atoms. The first-order chi connectivity index (χ1) is 13.9. The Hall–Kier alpha value is -3.29. The van der Waals surface area contributed by atoms with Crippen LogP contribution in [0.5, 0.6) is 17.2 Å². The van der Waals surface area contributed by atoms with Gasteiger partial charge in [0.15, 0.2) is 6.61 Å². The quantitative estimate of drug-likeness (QED) is 0.695. The predicted octanol–water partition coefficient (Wildman–Crippen LogP) is 2.38. The summed E-state index contributed by atoms with van der Waals surface area (Å²) in [6.45, 7) is 1.46. The van der Waals surface area contributed by atoms with Gasteiger partial charge in [-0.3, -0.25) is 9.59 Å². The molecule has 2 aromatic rings. The summed E-state index contributed by atoms with van der Waals surface area (Å²) < 4.78 is 29.2. The lowest BCUT2D eigenvalue weighted by Gasteiger charge is -2.28. The zero-order valence-electron chi connectivity index (χ0n) is 16.9. The van der Waals surface area contributed by atoms with E-state index in [2.05, 4.69) is 5.32 Å². The predicted molar refractivity (Wildman–Crippen MR) is 106 cm³/mol. The van der Waals surface area contributed by atoms with Crippen LogP contribution in [0.1, 0.15) is 12.5 Å². The summed E-state index contributed by atoms with van der Waals surface area (Å²) in [6.07, 6.45) is 0. The van der Waals surface area contributed by atoms with Gasteiger partial charge in [-0.05, 0) is 24.6 Å². The zero-order valence-corrected chi connectivity index (χ0v) is 16.9. The molecule has 0 saturated heterocycles. The number of hydrogen-bond donors (Lipinski definition) is 1. The molecule has 0 radical (unpaired) electrons. The normalized spacial score (nSPS) is 11.3. The molecule has 0 aliphatic carbocycles. The standard InChI is InChI=1S/C21H25FN2O5/c1-14(21(26)23-2)24(12-15-5-7-16(22)8-6-15)20(25)13-29-19-10-17(27-3)9-18(11-19)28-4/h5-11,14H,12-13H2,1-4H3,(H,23,26)/t14-/m0/s1. The number of methoxy groups -OCH3 is 2. The van der Waals surface area contributed by atoms with Gasteiger partial charge in [-0.25, -0.2) is 4.39 Å². The molecule has 156 valence electrons. The smallest absolute Gasteiger partial charge is 0.261 e. The van der Waals surface area contributed by atoms with Crippen LogP contribution >= 0.6 is 0 Å². The third-order valence-corrected chi connectivity index (χ3v) is 4.37. The van der Waals surface area contributed by atoms with Gasteiger partial charge in [0, 0.05) is 31.8 Å². The summed E-state index contributed by atoms with van der Waals surface area (Å²) in [4.78, 5) is 26.3. The van der Waals surface area contributed by atoms with Crippen molar-refractivity contribution < 1.29 is 28.2 Å². The number of halogens is 1. The molecule has 0 aliphatic rings. The van der Waals surface area contributed by atoms with E-state index in [4.69, 9.17) is 14.2 Å². The van der Waals surface area contributed by atoms with E-state index in [0.717, 1.165) is 0 Å². The van der Waals surface area contributed by atoms with Crippen molar-refractivity contribution in [3.8, 4) is 17.2 Å². The fourth-order valence-corrected chi connectivity index (χ4v) is 2.67. The van der Waals surface area contributed by atoms with E-state index in [-0.39, 0.29) is 24.9 Å². The van der Waals surface area contributed by atoms with Crippen LogP contribution in [0.25, 0.3) is 0 Å². The lowest BCUT2D eigenvalue weighted by atomic mass is 10.1. The third kappa shape index (κ3) is 6.10. The highest BCUT2D eigenvalue weighted by Crippen LogP contribution is 2.27. The van der Waals surface area contributed by atoms with Crippen molar-refractivity contribution >= 4 is 11.8 Å². The fraction of sp³-hybridized carbons (Fsp3) is 0.333. The number of carbonyl (C=O) groups excluding carboxylic acids is 2. The molecule has 2 aromatic carbocycles. The van der Waals surface area contributed by atoms with Crippen molar-refractivity contribution in [3.05, 3.63) is 53.8 Å². The molecule has 0 aromatic heterocycles. The van der Waals surface area contributed by atoms with E-state index >= 15 is 0 Å². The van der Waals surface area contributed by atoms with E-state index in [1.165, 1.54) is 38.3 Å². The van der Waals surface area contributed by atoms with Gasteiger partial charge >= 0.3 is 0 Å². The number of amides is 2. The molecular formula is C21H25FN2O5. The summed E-state index contributed by atoms with van der Waals surface area (Å²) in [5, 5.41) is 2.53. The van der Waals surface area contributed by atoms with Crippen LogP contribution in [0.3, 0.4) is 0 Å². The highest BCUT2D eigenvalue weighted by Gasteiger charge is 2.26. The molecular weight excluding hydrogens is 379 g/mol. The van der Waals surface area contributed by atoms with Crippen molar-refractivity contribution in [1.29, 1.82) is 0 Å². The van der Waals surface area contributed by atoms with Gasteiger partial charge in [0.1, 0.15) is 29.1 Å². The lowest BCUT2D eigenvalue weighted by Crippen LogP contribution is -2.48. The Morgan fingerprint density at radius 1 is 1.03 bits per heavy atom. The maximum absolute atomic E-state index is 13.2. The molecule has 0 heterocycles. The van der Waals surface area contributed by atoms with Crippen LogP contribution < -0.4 is 19.5 Å². The lowest BCUT2D eigenvalue weighted by molar-refractivity contribution is -0.142. The minimum Gasteiger partial charge on any atom is -0.496 e. The molecule has 8 heteroatoms. The van der Waals surface area contributed by atoms with Crippen LogP contribution in [0.15, 0.2) is 42.5 Å². The first-order valence-corrected chi connectivity index (χ1v) is 8.99. The van der Waals surface area contributed by atoms with Crippen molar-refractivity contribution in [2.75, 3.05) is 27.9 Å². The number of rotatable bonds is 9. The molecule has 0 saturated carbocycles. The summed E-state index contributed by atoms with van der Waals surface area (Å²) in [6, 6.07) is 9.96. The highest BCUT2D eigenvalue weighted by molar-refractivity contribution is 5.87. The van der Waals surface area contributed by atoms with Crippen LogP contribution in [0, 0.1) is 5.82 Å². The average molecular weight is 404 g/mol. The summed E-state index contributed by atoms with van der Waals surface area (Å²) in [5.41, 5.74) is 0.693. The van der Waals surface area contributed by atoms with Gasteiger partial charge in [0.2, 0.25) is 5.91 Å². The topological polar surface area (TPSA) is 77.1 Å². The van der Waals surface area contributed by atoms with E-state index < -0.39 is 11.9 Å². The Labute approximate surface area is 169 Å². The average Bonchev–Trinajstić information content (AvgIpc) is 2.75. The van der Waals surface area contributed by atoms with E-state index in [0.29, 0.717) is 22.8 Å². The molecule has 0 aliphatic heterocycles. The number of likely N-dealkylation sites (N-methyl/N-ethyl adjacent to an activating group) is 1. The Balaban J connectivity index is 2.16. The molecule has 1 atom stereocenters. The minimum atomic E-state index is -0.735. The number of hydrogen-bond acceptors (Lipinski definition) is 5. The Kier molecular flexibility index (Phi) is 7.82. The molecule has 29 heavy (non-hydrogen) atoms. The largest absolute Gasteiger partial charge is 0.496 e. The number of ether oxygens (including phenoxy) is 3. The van der Waals surface area contributed by atoms with Crippen LogP contribution in [-0.4, -0.2) is 50.6 Å². The molecule has 1 N–H and O–H groups in total. The van der Waals surface area contributed by atoms with Crippen molar-refractivity contribution in [3.63, 3.8) is 0 Å². The van der Waals surface area contributed by atoms with E-state index in [1.54, 1.807) is 37.3 Å². The zero-order chi connectivity index (χ0) is 21.4. The molecule has 0 bridgehead atoms. The number of nitrogens with zero attached hydrogens (tertiary/aromatic N) is 1. The summed E-state index contributed by atoms with van der Waals surface area (Å²) >= 11 is 0. The minimum absolute atomic E-state index is 0.137. The molecule has 2 amide bonds. The monoisotopic (exact) mass is 404 g/mol. The van der Waals surface area contributed by atoms with Crippen LogP contribution in [0.4, 0.5) is 4.39 Å². The van der Waals surface area contributed by atoms with Gasteiger partial charge in [0.05, 0.1) is 14.2 Å². The maximum atomic E-state index is 13.2. The third-order valence-electron chi connectivity index (χ3n) is 4.37. The van der Waals surface area contributed by atoms with Crippen LogP contribution in [0.2, 0.25) is 0 Å². The molecule has 2 rings (SSSR count). The SMILES string of the molecule is CNC(=O)[C@H](C)N(Cc1ccc(F)cc1)C(=O)COc1cc(OC)cc(OC)c1. The highest BCUT2D eigenvalue weighted by atomic mass is 19.1. The Morgan fingerprint density at radius 2 is 1.59 bits per heavy atom. The van der Waals surface area contributed by atoms with Gasteiger partial charge in [-0.15, -0.1) is 0 Å². The van der Waals surface area contributed by atoms with E-state index in [1.807, 2.05) is 0 Å². The van der Waals surface area contributed by atoms with Gasteiger partial charge in [0.25, 0.3) is 5.91 Å². The number of carbonyl (C=O) groups is 2. The van der Waals surface area contributed by atoms with Gasteiger partial charge < -0.3 is 24.4 Å². The van der Waals surface area contributed by atoms with Crippen molar-refractivity contribution in [1.82, 2.24) is 10.2 Å². The van der Waals surface area contributed by atoms with Crippen molar-refractivity contribution in [2.24, 2.45) is 0 Å².